The topological polar surface area (TPSA) is 43.1 Å². The first-order chi connectivity index (χ1) is 6.50. The molecule has 0 radical (unpaired) electrons. The first-order valence-corrected chi connectivity index (χ1v) is 4.26. The zero-order valence-corrected chi connectivity index (χ0v) is 8.29. The second kappa shape index (κ2) is 4.28. The molecule has 1 aromatic carbocycles. The van der Waals surface area contributed by atoms with Gasteiger partial charge < -0.3 is 0 Å². The van der Waals surface area contributed by atoms with E-state index < -0.39 is 22.1 Å². The number of rotatable bonds is 2. The van der Waals surface area contributed by atoms with Crippen molar-refractivity contribution in [3.05, 3.63) is 50.1 Å². The second-order valence-corrected chi connectivity index (χ2v) is 3.30. The third-order valence-corrected chi connectivity index (χ3v) is 1.86. The summed E-state index contributed by atoms with van der Waals surface area (Å²) in [5, 5.41) is 9.93. The van der Waals surface area contributed by atoms with Gasteiger partial charge in [-0.15, -0.1) is 0 Å². The molecule has 0 atom stereocenters. The van der Waals surface area contributed by atoms with Crippen LogP contribution in [0.25, 0.3) is 6.08 Å². The molecule has 0 amide bonds. The van der Waals surface area contributed by atoms with Crippen LogP contribution in [0.3, 0.4) is 0 Å². The van der Waals surface area contributed by atoms with Crippen molar-refractivity contribution < 1.29 is 13.7 Å². The minimum atomic E-state index is -0.852. The van der Waals surface area contributed by atoms with Crippen molar-refractivity contribution in [3.8, 4) is 0 Å². The van der Waals surface area contributed by atoms with Gasteiger partial charge in [0.25, 0.3) is 0 Å². The highest BCUT2D eigenvalue weighted by Crippen LogP contribution is 2.20. The Kier molecular flexibility index (Phi) is 3.29. The Morgan fingerprint density at radius 1 is 1.36 bits per heavy atom. The fourth-order valence-corrected chi connectivity index (χ4v) is 1.25. The summed E-state index contributed by atoms with van der Waals surface area (Å²) >= 11 is 2.89. The fraction of sp³-hybridized carbons (Fsp3) is 0. The average Bonchev–Trinajstić information content (AvgIpc) is 2.01. The van der Waals surface area contributed by atoms with Gasteiger partial charge >= 0.3 is 0 Å². The Morgan fingerprint density at radius 3 is 2.29 bits per heavy atom. The van der Waals surface area contributed by atoms with Gasteiger partial charge in [-0.1, -0.05) is 15.9 Å². The van der Waals surface area contributed by atoms with Crippen LogP contribution in [0.5, 0.6) is 0 Å². The quantitative estimate of drug-likeness (QED) is 0.608. The lowest BCUT2D eigenvalue weighted by atomic mass is 10.2. The van der Waals surface area contributed by atoms with Gasteiger partial charge in [-0.05, 0) is 12.1 Å². The number of nitrogens with zero attached hydrogens (tertiary/aromatic N) is 1. The molecule has 1 rings (SSSR count). The molecule has 0 aliphatic heterocycles. The Labute approximate surface area is 86.3 Å². The van der Waals surface area contributed by atoms with Gasteiger partial charge in [-0.25, -0.2) is 8.78 Å². The minimum absolute atomic E-state index is 0.241. The number of hydrogen-bond donors (Lipinski definition) is 0. The molecule has 0 aliphatic carbocycles. The highest BCUT2D eigenvalue weighted by Gasteiger charge is 2.08. The maximum atomic E-state index is 13.0. The van der Waals surface area contributed by atoms with Crippen molar-refractivity contribution in [2.24, 2.45) is 0 Å². The molecule has 74 valence electrons. The monoisotopic (exact) mass is 263 g/mol. The third kappa shape index (κ3) is 2.59. The fourth-order valence-electron chi connectivity index (χ4n) is 0.848. The molecule has 0 aromatic heterocycles. The molecule has 0 fully saturated rings. The first-order valence-electron chi connectivity index (χ1n) is 3.47. The SMILES string of the molecule is O=[N+]([O-])/C=C/c1c(F)cc(Br)cc1F. The molecular weight excluding hydrogens is 260 g/mol. The summed E-state index contributed by atoms with van der Waals surface area (Å²) < 4.78 is 26.3. The number of halogens is 3. The molecule has 0 heterocycles. The van der Waals surface area contributed by atoms with Crippen LogP contribution >= 0.6 is 15.9 Å². The van der Waals surface area contributed by atoms with Crippen molar-refractivity contribution in [1.82, 2.24) is 0 Å². The zero-order valence-electron chi connectivity index (χ0n) is 6.71. The summed E-state index contributed by atoms with van der Waals surface area (Å²) in [6, 6.07) is 2.06. The lowest BCUT2D eigenvalue weighted by Crippen LogP contribution is -1.90. The van der Waals surface area contributed by atoms with E-state index in [-0.39, 0.29) is 4.47 Å². The van der Waals surface area contributed by atoms with Gasteiger partial charge in [0.1, 0.15) is 11.6 Å². The molecule has 0 N–H and O–H groups in total. The van der Waals surface area contributed by atoms with Gasteiger partial charge in [0, 0.05) is 10.5 Å². The summed E-state index contributed by atoms with van der Waals surface area (Å²) in [6.07, 6.45) is 1.26. The van der Waals surface area contributed by atoms with E-state index in [0.717, 1.165) is 18.2 Å². The van der Waals surface area contributed by atoms with Crippen LogP contribution in [0.1, 0.15) is 5.56 Å². The number of hydrogen-bond acceptors (Lipinski definition) is 2. The number of benzene rings is 1. The van der Waals surface area contributed by atoms with Crippen LogP contribution in [0.2, 0.25) is 0 Å². The molecule has 1 aromatic rings. The highest BCUT2D eigenvalue weighted by molar-refractivity contribution is 9.10. The van der Waals surface area contributed by atoms with Crippen molar-refractivity contribution in [2.75, 3.05) is 0 Å². The van der Waals surface area contributed by atoms with Crippen LogP contribution in [0.15, 0.2) is 22.8 Å². The van der Waals surface area contributed by atoms with Gasteiger partial charge in [0.15, 0.2) is 0 Å². The van der Waals surface area contributed by atoms with Crippen molar-refractivity contribution in [3.63, 3.8) is 0 Å². The molecule has 0 saturated heterocycles. The van der Waals surface area contributed by atoms with Crippen molar-refractivity contribution in [1.29, 1.82) is 0 Å². The Hall–Kier alpha value is -1.30. The van der Waals surface area contributed by atoms with E-state index in [1.54, 1.807) is 0 Å². The molecule has 0 aliphatic rings. The summed E-state index contributed by atoms with van der Waals surface area (Å²) in [7, 11) is 0. The average molecular weight is 264 g/mol. The van der Waals surface area contributed by atoms with Crippen LogP contribution in [0.4, 0.5) is 8.78 Å². The van der Waals surface area contributed by atoms with Gasteiger partial charge in [-0.3, -0.25) is 10.1 Å². The van der Waals surface area contributed by atoms with Crippen LogP contribution < -0.4 is 0 Å². The second-order valence-electron chi connectivity index (χ2n) is 2.38. The van der Waals surface area contributed by atoms with Gasteiger partial charge in [0.2, 0.25) is 6.20 Å². The van der Waals surface area contributed by atoms with Crippen molar-refractivity contribution >= 4 is 22.0 Å². The largest absolute Gasteiger partial charge is 0.259 e. The molecule has 0 spiro atoms. The zero-order chi connectivity index (χ0) is 10.7. The molecular formula is C8H4BrF2NO2. The summed E-state index contributed by atoms with van der Waals surface area (Å²) in [6.45, 7) is 0. The Bertz CT molecular complexity index is 383. The Morgan fingerprint density at radius 2 is 1.86 bits per heavy atom. The lowest BCUT2D eigenvalue weighted by molar-refractivity contribution is -0.401. The molecule has 0 saturated carbocycles. The molecule has 0 bridgehead atoms. The predicted molar refractivity (Wildman–Crippen MR) is 50.1 cm³/mol. The maximum absolute atomic E-state index is 13.0. The van der Waals surface area contributed by atoms with E-state index in [1.165, 1.54) is 0 Å². The van der Waals surface area contributed by atoms with E-state index in [4.69, 9.17) is 0 Å². The third-order valence-electron chi connectivity index (χ3n) is 1.41. The van der Waals surface area contributed by atoms with E-state index in [2.05, 4.69) is 15.9 Å². The summed E-state index contributed by atoms with van der Waals surface area (Å²) in [5.41, 5.74) is -0.426. The normalized spacial score (nSPS) is 10.8. The molecule has 0 unspecified atom stereocenters. The summed E-state index contributed by atoms with van der Waals surface area (Å²) in [5.74, 6) is -1.70. The van der Waals surface area contributed by atoms with E-state index in [9.17, 15) is 18.9 Å². The molecule has 14 heavy (non-hydrogen) atoms. The van der Waals surface area contributed by atoms with Crippen LogP contribution in [-0.2, 0) is 0 Å². The Balaban J connectivity index is 3.15. The van der Waals surface area contributed by atoms with E-state index in [1.807, 2.05) is 0 Å². The predicted octanol–water partition coefficient (Wildman–Crippen LogP) is 2.97. The molecule has 6 heteroatoms. The van der Waals surface area contributed by atoms with Gasteiger partial charge in [-0.2, -0.15) is 0 Å². The van der Waals surface area contributed by atoms with E-state index in [0.29, 0.717) is 6.20 Å². The molecule has 3 nitrogen and oxygen atoms in total. The van der Waals surface area contributed by atoms with E-state index >= 15 is 0 Å². The highest BCUT2D eigenvalue weighted by atomic mass is 79.9. The standard InChI is InChI=1S/C8H4BrF2NO2/c9-5-3-7(10)6(8(11)4-5)1-2-12(13)14/h1-4H/b2-1+. The van der Waals surface area contributed by atoms with Crippen LogP contribution in [0, 0.1) is 21.7 Å². The minimum Gasteiger partial charge on any atom is -0.259 e. The van der Waals surface area contributed by atoms with Gasteiger partial charge in [0.05, 0.1) is 10.5 Å². The van der Waals surface area contributed by atoms with Crippen molar-refractivity contribution in [2.45, 2.75) is 0 Å². The first kappa shape index (κ1) is 10.8. The number of nitro groups is 1. The maximum Gasteiger partial charge on any atom is 0.235 e. The smallest absolute Gasteiger partial charge is 0.235 e. The lowest BCUT2D eigenvalue weighted by Gasteiger charge is -1.98. The van der Waals surface area contributed by atoms with Crippen LogP contribution in [-0.4, -0.2) is 4.92 Å². The summed E-state index contributed by atoms with van der Waals surface area (Å²) in [4.78, 5) is 9.14.